The van der Waals surface area contributed by atoms with E-state index in [-0.39, 0.29) is 16.8 Å². The highest BCUT2D eigenvalue weighted by Gasteiger charge is 2.31. The topological polar surface area (TPSA) is 93.2 Å². The van der Waals surface area contributed by atoms with Crippen LogP contribution >= 0.6 is 0 Å². The van der Waals surface area contributed by atoms with Gasteiger partial charge in [0, 0.05) is 38.5 Å². The first-order valence-corrected chi connectivity index (χ1v) is 9.14. The molecule has 0 aliphatic carbocycles. The predicted molar refractivity (Wildman–Crippen MR) is 84.3 cm³/mol. The van der Waals surface area contributed by atoms with Crippen LogP contribution in [0.4, 0.5) is 11.6 Å². The van der Waals surface area contributed by atoms with E-state index in [9.17, 15) is 8.42 Å². The van der Waals surface area contributed by atoms with Gasteiger partial charge in [0.1, 0.15) is 5.82 Å². The molecule has 1 aromatic rings. The first-order valence-electron chi connectivity index (χ1n) is 7.25. The minimum atomic E-state index is -3.42. The molecule has 1 unspecified atom stereocenters. The summed E-state index contributed by atoms with van der Waals surface area (Å²) in [5.74, 6) is 1.07. The molecule has 2 heterocycles. The fourth-order valence-electron chi connectivity index (χ4n) is 2.63. The minimum Gasteiger partial charge on any atom is -0.383 e. The van der Waals surface area contributed by atoms with Gasteiger partial charge in [-0.25, -0.2) is 13.1 Å². The fourth-order valence-corrected chi connectivity index (χ4v) is 3.60. The number of hydrogen-bond donors (Lipinski definition) is 2. The second-order valence-electron chi connectivity index (χ2n) is 6.13. The van der Waals surface area contributed by atoms with E-state index in [1.807, 2.05) is 18.7 Å². The van der Waals surface area contributed by atoms with Gasteiger partial charge >= 0.3 is 0 Å². The number of nitrogen functional groups attached to an aromatic ring is 1. The number of piperazine rings is 1. The zero-order chi connectivity index (χ0) is 15.8. The zero-order valence-electron chi connectivity index (χ0n) is 13.1. The van der Waals surface area contributed by atoms with E-state index in [2.05, 4.69) is 17.3 Å². The Balaban J connectivity index is 2.53. The molecular formula is C13H25N5O2S. The van der Waals surface area contributed by atoms with Crippen LogP contribution in [0.3, 0.4) is 0 Å². The lowest BCUT2D eigenvalue weighted by molar-refractivity contribution is 0.473. The first-order chi connectivity index (χ1) is 9.71. The summed E-state index contributed by atoms with van der Waals surface area (Å²) in [4.78, 5) is 2.19. The Morgan fingerprint density at radius 3 is 2.67 bits per heavy atom. The minimum absolute atomic E-state index is 0.164. The molecule has 0 amide bonds. The maximum absolute atomic E-state index is 12.1. The van der Waals surface area contributed by atoms with E-state index in [0.29, 0.717) is 18.3 Å². The first kappa shape index (κ1) is 16.1. The number of hydrogen-bond acceptors (Lipinski definition) is 6. The maximum Gasteiger partial charge on any atom is 0.182 e. The number of anilines is 2. The van der Waals surface area contributed by atoms with E-state index in [0.717, 1.165) is 19.6 Å². The molecule has 0 spiro atoms. The molecule has 1 saturated heterocycles. The molecular weight excluding hydrogens is 290 g/mol. The average molecular weight is 315 g/mol. The van der Waals surface area contributed by atoms with Crippen molar-refractivity contribution in [1.29, 1.82) is 0 Å². The van der Waals surface area contributed by atoms with E-state index in [4.69, 9.17) is 5.73 Å². The smallest absolute Gasteiger partial charge is 0.182 e. The van der Waals surface area contributed by atoms with Crippen molar-refractivity contribution in [2.75, 3.05) is 36.5 Å². The molecule has 2 rings (SSSR count). The highest BCUT2D eigenvalue weighted by Crippen LogP contribution is 2.32. The van der Waals surface area contributed by atoms with Crippen molar-refractivity contribution in [2.24, 2.45) is 5.92 Å². The number of rotatable bonds is 4. The maximum atomic E-state index is 12.1. The summed E-state index contributed by atoms with van der Waals surface area (Å²) in [7, 11) is -3.42. The Kier molecular flexibility index (Phi) is 4.48. The monoisotopic (exact) mass is 315 g/mol. The van der Waals surface area contributed by atoms with E-state index in [1.54, 1.807) is 4.68 Å². The lowest BCUT2D eigenvalue weighted by atomic mass is 10.2. The summed E-state index contributed by atoms with van der Waals surface area (Å²) in [6.45, 7) is 9.10. The SMILES string of the molecule is CC(C)Cn1nc(N2CCNCC2C)c(S(C)(=O)=O)c1N. The van der Waals surface area contributed by atoms with Gasteiger partial charge in [0.15, 0.2) is 20.6 Å². The van der Waals surface area contributed by atoms with Gasteiger partial charge in [-0.3, -0.25) is 0 Å². The second-order valence-corrected chi connectivity index (χ2v) is 8.09. The van der Waals surface area contributed by atoms with Gasteiger partial charge in [-0.2, -0.15) is 5.10 Å². The molecule has 3 N–H and O–H groups in total. The largest absolute Gasteiger partial charge is 0.383 e. The lowest BCUT2D eigenvalue weighted by Crippen LogP contribution is -2.50. The highest BCUT2D eigenvalue weighted by molar-refractivity contribution is 7.91. The Bertz CT molecular complexity index is 608. The van der Waals surface area contributed by atoms with Crippen molar-refractivity contribution < 1.29 is 8.42 Å². The third kappa shape index (κ3) is 3.32. The molecule has 0 radical (unpaired) electrons. The summed E-state index contributed by atoms with van der Waals surface area (Å²) < 4.78 is 25.9. The molecule has 120 valence electrons. The molecule has 8 heteroatoms. The van der Waals surface area contributed by atoms with Crippen molar-refractivity contribution in [3.8, 4) is 0 Å². The standard InChI is InChI=1S/C13H25N5O2S/c1-9(2)8-18-12(14)11(21(4,19)20)13(16-18)17-6-5-15-7-10(17)3/h9-10,15H,5-8,14H2,1-4H3. The van der Waals surface area contributed by atoms with Gasteiger partial charge in [0.25, 0.3) is 0 Å². The summed E-state index contributed by atoms with van der Waals surface area (Å²) in [6, 6.07) is 0.182. The van der Waals surface area contributed by atoms with E-state index >= 15 is 0 Å². The summed E-state index contributed by atoms with van der Waals surface area (Å²) in [5, 5.41) is 7.79. The molecule has 0 bridgehead atoms. The zero-order valence-corrected chi connectivity index (χ0v) is 13.9. The number of nitrogens with zero attached hydrogens (tertiary/aromatic N) is 3. The Morgan fingerprint density at radius 1 is 1.48 bits per heavy atom. The van der Waals surface area contributed by atoms with Gasteiger partial charge in [-0.15, -0.1) is 0 Å². The van der Waals surface area contributed by atoms with Crippen molar-refractivity contribution >= 4 is 21.5 Å². The van der Waals surface area contributed by atoms with Crippen LogP contribution in [-0.2, 0) is 16.4 Å². The van der Waals surface area contributed by atoms with Gasteiger partial charge in [-0.1, -0.05) is 13.8 Å². The van der Waals surface area contributed by atoms with Crippen LogP contribution in [0.1, 0.15) is 20.8 Å². The van der Waals surface area contributed by atoms with Crippen molar-refractivity contribution in [3.63, 3.8) is 0 Å². The van der Waals surface area contributed by atoms with Gasteiger partial charge < -0.3 is 16.0 Å². The van der Waals surface area contributed by atoms with E-state index < -0.39 is 9.84 Å². The third-order valence-electron chi connectivity index (χ3n) is 3.61. The molecule has 21 heavy (non-hydrogen) atoms. The number of aromatic nitrogens is 2. The molecule has 1 atom stereocenters. The van der Waals surface area contributed by atoms with Crippen LogP contribution in [0.15, 0.2) is 4.90 Å². The Hall–Kier alpha value is -1.28. The Labute approximate surface area is 126 Å². The van der Waals surface area contributed by atoms with Crippen LogP contribution < -0.4 is 16.0 Å². The number of nitrogens with two attached hydrogens (primary N) is 1. The van der Waals surface area contributed by atoms with E-state index in [1.165, 1.54) is 6.26 Å². The van der Waals surface area contributed by atoms with Crippen LogP contribution in [0.5, 0.6) is 0 Å². The van der Waals surface area contributed by atoms with Crippen LogP contribution in [-0.4, -0.2) is 50.1 Å². The van der Waals surface area contributed by atoms with Crippen LogP contribution in [0, 0.1) is 5.92 Å². The molecule has 0 saturated carbocycles. The van der Waals surface area contributed by atoms with Crippen molar-refractivity contribution in [3.05, 3.63) is 0 Å². The molecule has 1 fully saturated rings. The quantitative estimate of drug-likeness (QED) is 0.831. The Morgan fingerprint density at radius 2 is 2.14 bits per heavy atom. The van der Waals surface area contributed by atoms with Crippen LogP contribution in [0.2, 0.25) is 0 Å². The molecule has 1 aromatic heterocycles. The van der Waals surface area contributed by atoms with Gasteiger partial charge in [-0.05, 0) is 12.8 Å². The highest BCUT2D eigenvalue weighted by atomic mass is 32.2. The number of nitrogens with one attached hydrogen (secondary N) is 1. The predicted octanol–water partition coefficient (Wildman–Crippen LogP) is 0.323. The summed E-state index contributed by atoms with van der Waals surface area (Å²) in [5.41, 5.74) is 6.07. The average Bonchev–Trinajstić information content (AvgIpc) is 2.66. The van der Waals surface area contributed by atoms with Gasteiger partial charge in [0.05, 0.1) is 0 Å². The molecule has 1 aliphatic rings. The second kappa shape index (κ2) is 5.84. The normalized spacial score (nSPS) is 20.2. The summed E-state index contributed by atoms with van der Waals surface area (Å²) >= 11 is 0. The summed E-state index contributed by atoms with van der Waals surface area (Å²) in [6.07, 6.45) is 1.19. The molecule has 7 nitrogen and oxygen atoms in total. The number of sulfone groups is 1. The third-order valence-corrected chi connectivity index (χ3v) is 4.74. The van der Waals surface area contributed by atoms with Gasteiger partial charge in [0.2, 0.25) is 0 Å². The lowest BCUT2D eigenvalue weighted by Gasteiger charge is -2.34. The van der Waals surface area contributed by atoms with Crippen molar-refractivity contribution in [2.45, 2.75) is 38.3 Å². The molecule has 1 aliphatic heterocycles. The molecule has 0 aromatic carbocycles. The fraction of sp³-hybridized carbons (Fsp3) is 0.769. The van der Waals surface area contributed by atoms with Crippen LogP contribution in [0.25, 0.3) is 0 Å². The van der Waals surface area contributed by atoms with Crippen molar-refractivity contribution in [1.82, 2.24) is 15.1 Å².